The molecule has 2 heterocycles. The summed E-state index contributed by atoms with van der Waals surface area (Å²) in [6.07, 6.45) is -2.72. The quantitative estimate of drug-likeness (QED) is 0.893. The molecule has 1 N–H and O–H groups in total. The second kappa shape index (κ2) is 5.44. The Bertz CT molecular complexity index is 566. The molecular formula is C17H23F3N2. The van der Waals surface area contributed by atoms with Gasteiger partial charge in [-0.15, -0.1) is 0 Å². The van der Waals surface area contributed by atoms with E-state index in [1.54, 1.807) is 0 Å². The van der Waals surface area contributed by atoms with E-state index < -0.39 is 11.7 Å². The highest BCUT2D eigenvalue weighted by Gasteiger charge is 2.44. The highest BCUT2D eigenvalue weighted by atomic mass is 19.4. The maximum atomic E-state index is 13.6. The van der Waals surface area contributed by atoms with Gasteiger partial charge in [-0.25, -0.2) is 0 Å². The van der Waals surface area contributed by atoms with E-state index in [9.17, 15) is 13.2 Å². The lowest BCUT2D eigenvalue weighted by Crippen LogP contribution is -2.42. The van der Waals surface area contributed by atoms with E-state index >= 15 is 0 Å². The van der Waals surface area contributed by atoms with Crippen molar-refractivity contribution in [2.45, 2.75) is 44.8 Å². The number of benzene rings is 1. The van der Waals surface area contributed by atoms with E-state index in [4.69, 9.17) is 0 Å². The van der Waals surface area contributed by atoms with Gasteiger partial charge in [0.15, 0.2) is 0 Å². The largest absolute Gasteiger partial charge is 0.418 e. The second-order valence-electron chi connectivity index (χ2n) is 6.95. The number of likely N-dealkylation sites (N-methyl/N-ethyl adjacent to an activating group) is 1. The molecule has 1 fully saturated rings. The minimum Gasteiger partial charge on any atom is -0.370 e. The zero-order chi connectivity index (χ0) is 16.1. The maximum Gasteiger partial charge on any atom is 0.418 e. The van der Waals surface area contributed by atoms with Crippen LogP contribution in [-0.2, 0) is 12.6 Å². The number of nitrogens with zero attached hydrogens (tertiary/aromatic N) is 1. The van der Waals surface area contributed by atoms with E-state index in [1.807, 2.05) is 31.9 Å². The summed E-state index contributed by atoms with van der Waals surface area (Å²) >= 11 is 0. The Kier molecular flexibility index (Phi) is 3.87. The van der Waals surface area contributed by atoms with Crippen LogP contribution in [0, 0.1) is 5.92 Å². The third-order valence-corrected chi connectivity index (χ3v) is 4.84. The third-order valence-electron chi connectivity index (χ3n) is 4.84. The molecule has 2 atom stereocenters. The molecule has 1 aromatic rings. The van der Waals surface area contributed by atoms with Gasteiger partial charge in [0.1, 0.15) is 0 Å². The molecule has 0 radical (unpaired) electrons. The molecule has 1 aromatic carbocycles. The maximum absolute atomic E-state index is 13.6. The lowest BCUT2D eigenvalue weighted by Gasteiger charge is -2.31. The summed E-state index contributed by atoms with van der Waals surface area (Å²) in [7, 11) is 1.81. The van der Waals surface area contributed by atoms with E-state index in [-0.39, 0.29) is 12.0 Å². The number of hydrogen-bond donors (Lipinski definition) is 1. The van der Waals surface area contributed by atoms with Crippen molar-refractivity contribution in [3.63, 3.8) is 0 Å². The van der Waals surface area contributed by atoms with Crippen LogP contribution in [0.15, 0.2) is 12.1 Å². The first-order valence-corrected chi connectivity index (χ1v) is 7.96. The Morgan fingerprint density at radius 2 is 2.05 bits per heavy atom. The Morgan fingerprint density at radius 3 is 2.68 bits per heavy atom. The van der Waals surface area contributed by atoms with Crippen LogP contribution in [-0.4, -0.2) is 26.2 Å². The van der Waals surface area contributed by atoms with Gasteiger partial charge in [-0.3, -0.25) is 0 Å². The third kappa shape index (κ3) is 2.60. The molecule has 0 amide bonds. The van der Waals surface area contributed by atoms with E-state index in [0.717, 1.165) is 30.6 Å². The molecule has 0 aliphatic carbocycles. The molecule has 122 valence electrons. The molecule has 22 heavy (non-hydrogen) atoms. The highest BCUT2D eigenvalue weighted by molar-refractivity contribution is 5.68. The van der Waals surface area contributed by atoms with Crippen molar-refractivity contribution < 1.29 is 13.2 Å². The molecule has 2 nitrogen and oxygen atoms in total. The SMILES string of the molecule is CC(C)Cc1cc2c(c(C(F)(F)F)c1)N(C)[C@@H]1CCNC[C@H]21. The lowest BCUT2D eigenvalue weighted by atomic mass is 9.87. The summed E-state index contributed by atoms with van der Waals surface area (Å²) < 4.78 is 40.7. The first kappa shape index (κ1) is 15.7. The van der Waals surface area contributed by atoms with Crippen molar-refractivity contribution in [3.05, 3.63) is 28.8 Å². The zero-order valence-electron chi connectivity index (χ0n) is 13.3. The van der Waals surface area contributed by atoms with Crippen molar-refractivity contribution in [1.29, 1.82) is 0 Å². The summed E-state index contributed by atoms with van der Waals surface area (Å²) in [5.74, 6) is 0.514. The van der Waals surface area contributed by atoms with Crippen molar-refractivity contribution in [1.82, 2.24) is 5.32 Å². The van der Waals surface area contributed by atoms with Crippen LogP contribution in [0.3, 0.4) is 0 Å². The second-order valence-corrected chi connectivity index (χ2v) is 6.95. The van der Waals surface area contributed by atoms with Gasteiger partial charge in [-0.1, -0.05) is 19.9 Å². The summed E-state index contributed by atoms with van der Waals surface area (Å²) in [6.45, 7) is 5.72. The number of hydrogen-bond acceptors (Lipinski definition) is 2. The molecule has 2 aliphatic rings. The van der Waals surface area contributed by atoms with Gasteiger partial charge in [-0.05, 0) is 42.5 Å². The number of nitrogens with one attached hydrogen (secondary N) is 1. The monoisotopic (exact) mass is 312 g/mol. The van der Waals surface area contributed by atoms with E-state index in [0.29, 0.717) is 18.0 Å². The van der Waals surface area contributed by atoms with Crippen LogP contribution in [0.5, 0.6) is 0 Å². The fourth-order valence-electron chi connectivity index (χ4n) is 3.99. The number of rotatable bonds is 2. The molecule has 0 bridgehead atoms. The fraction of sp³-hybridized carbons (Fsp3) is 0.647. The predicted molar refractivity (Wildman–Crippen MR) is 82.4 cm³/mol. The van der Waals surface area contributed by atoms with Crippen LogP contribution in [0.25, 0.3) is 0 Å². The number of alkyl halides is 3. The Labute approximate surface area is 129 Å². The average Bonchev–Trinajstić information content (AvgIpc) is 2.71. The minimum atomic E-state index is -4.30. The van der Waals surface area contributed by atoms with Crippen LogP contribution >= 0.6 is 0 Å². The van der Waals surface area contributed by atoms with Crippen molar-refractivity contribution >= 4 is 5.69 Å². The first-order valence-electron chi connectivity index (χ1n) is 7.96. The number of fused-ring (bicyclic) bond motifs is 3. The minimum absolute atomic E-state index is 0.168. The fourth-order valence-corrected chi connectivity index (χ4v) is 3.99. The van der Waals surface area contributed by atoms with Gasteiger partial charge in [0, 0.05) is 25.6 Å². The van der Waals surface area contributed by atoms with Crippen molar-refractivity contribution in [2.24, 2.45) is 5.92 Å². The van der Waals surface area contributed by atoms with Gasteiger partial charge >= 0.3 is 6.18 Å². The number of halogens is 3. The summed E-state index contributed by atoms with van der Waals surface area (Å²) in [5.41, 5.74) is 1.63. The van der Waals surface area contributed by atoms with Crippen LogP contribution in [0.1, 0.15) is 42.9 Å². The molecule has 0 aromatic heterocycles. The highest BCUT2D eigenvalue weighted by Crippen LogP contribution is 2.49. The van der Waals surface area contributed by atoms with E-state index in [2.05, 4.69) is 5.32 Å². The van der Waals surface area contributed by atoms with Gasteiger partial charge in [0.25, 0.3) is 0 Å². The molecule has 5 heteroatoms. The average molecular weight is 312 g/mol. The molecule has 1 saturated heterocycles. The van der Waals surface area contributed by atoms with Crippen LogP contribution in [0.4, 0.5) is 18.9 Å². The molecule has 0 unspecified atom stereocenters. The van der Waals surface area contributed by atoms with Gasteiger partial charge in [0.05, 0.1) is 11.3 Å². The molecule has 0 saturated carbocycles. The number of anilines is 1. The Hall–Kier alpha value is -1.23. The molecule has 0 spiro atoms. The Balaban J connectivity index is 2.13. The van der Waals surface area contributed by atoms with Gasteiger partial charge in [0.2, 0.25) is 0 Å². The number of piperidine rings is 1. The summed E-state index contributed by atoms with van der Waals surface area (Å²) in [5, 5.41) is 3.33. The van der Waals surface area contributed by atoms with Gasteiger partial charge in [-0.2, -0.15) is 13.2 Å². The van der Waals surface area contributed by atoms with Crippen LogP contribution < -0.4 is 10.2 Å². The van der Waals surface area contributed by atoms with E-state index in [1.165, 1.54) is 6.07 Å². The lowest BCUT2D eigenvalue weighted by molar-refractivity contribution is -0.137. The molecule has 3 rings (SSSR count). The Morgan fingerprint density at radius 1 is 1.32 bits per heavy atom. The van der Waals surface area contributed by atoms with Gasteiger partial charge < -0.3 is 10.2 Å². The van der Waals surface area contributed by atoms with Crippen molar-refractivity contribution in [3.8, 4) is 0 Å². The first-order chi connectivity index (χ1) is 10.3. The van der Waals surface area contributed by atoms with Crippen LogP contribution in [0.2, 0.25) is 0 Å². The predicted octanol–water partition coefficient (Wildman–Crippen LogP) is 3.80. The summed E-state index contributed by atoms with van der Waals surface area (Å²) in [4.78, 5) is 1.86. The molecule has 2 aliphatic heterocycles. The van der Waals surface area contributed by atoms with Crippen molar-refractivity contribution in [2.75, 3.05) is 25.0 Å². The molecular weight excluding hydrogens is 289 g/mol. The standard InChI is InChI=1S/C17H23F3N2/c1-10(2)6-11-7-12-13-9-21-5-4-15(13)22(3)16(12)14(8-11)17(18,19)20/h7-8,10,13,15,21H,4-6,9H2,1-3H3/t13-,15-/m1/s1. The normalized spacial score (nSPS) is 24.6. The topological polar surface area (TPSA) is 15.3 Å². The summed E-state index contributed by atoms with van der Waals surface area (Å²) in [6, 6.07) is 3.56. The smallest absolute Gasteiger partial charge is 0.370 e. The zero-order valence-corrected chi connectivity index (χ0v) is 13.3.